The molecule has 0 aliphatic rings. The molecule has 1 atom stereocenters. The van der Waals surface area contributed by atoms with Crippen molar-refractivity contribution >= 4 is 23.2 Å². The fraction of sp³-hybridized carbons (Fsp3) is 0.353. The Balaban J connectivity index is 2.27. The van der Waals surface area contributed by atoms with E-state index in [1.165, 1.54) is 11.1 Å². The van der Waals surface area contributed by atoms with Crippen molar-refractivity contribution in [3.8, 4) is 0 Å². The number of hydrogen-bond donors (Lipinski definition) is 1. The van der Waals surface area contributed by atoms with E-state index in [-0.39, 0.29) is 6.04 Å². The van der Waals surface area contributed by atoms with Crippen LogP contribution in [0.2, 0.25) is 10.0 Å². The second-order valence-corrected chi connectivity index (χ2v) is 6.02. The van der Waals surface area contributed by atoms with Gasteiger partial charge in [0.15, 0.2) is 0 Å². The second kappa shape index (κ2) is 7.79. The summed E-state index contributed by atoms with van der Waals surface area (Å²) < 4.78 is 0. The van der Waals surface area contributed by atoms with Crippen LogP contribution in [0.5, 0.6) is 0 Å². The van der Waals surface area contributed by atoms with Crippen LogP contribution in [-0.4, -0.2) is 11.5 Å². The summed E-state index contributed by atoms with van der Waals surface area (Å²) in [6.45, 7) is 5.23. The lowest BCUT2D eigenvalue weighted by Crippen LogP contribution is -2.25. The maximum Gasteiger partial charge on any atom is 0.0622 e. The van der Waals surface area contributed by atoms with Gasteiger partial charge in [-0.15, -0.1) is 0 Å². The zero-order valence-electron chi connectivity index (χ0n) is 12.4. The Morgan fingerprint density at radius 1 is 1.24 bits per heavy atom. The molecule has 2 rings (SSSR count). The predicted molar refractivity (Wildman–Crippen MR) is 90.2 cm³/mol. The molecule has 2 nitrogen and oxygen atoms in total. The van der Waals surface area contributed by atoms with Gasteiger partial charge < -0.3 is 5.32 Å². The monoisotopic (exact) mass is 322 g/mol. The number of aryl methyl sites for hydroxylation is 1. The molecular weight excluding hydrogens is 303 g/mol. The summed E-state index contributed by atoms with van der Waals surface area (Å²) in [6, 6.07) is 8.25. The summed E-state index contributed by atoms with van der Waals surface area (Å²) in [5.41, 5.74) is 3.57. The van der Waals surface area contributed by atoms with E-state index in [9.17, 15) is 0 Å². The molecular formula is C17H20Cl2N2. The first kappa shape index (κ1) is 16.3. The average molecular weight is 323 g/mol. The third-order valence-corrected chi connectivity index (χ3v) is 4.10. The summed E-state index contributed by atoms with van der Waals surface area (Å²) >= 11 is 12.3. The van der Waals surface area contributed by atoms with Crippen molar-refractivity contribution < 1.29 is 0 Å². The molecule has 1 aromatic carbocycles. The summed E-state index contributed by atoms with van der Waals surface area (Å²) in [5, 5.41) is 5.09. The van der Waals surface area contributed by atoms with Crippen LogP contribution in [-0.2, 0) is 6.42 Å². The fourth-order valence-corrected chi connectivity index (χ4v) is 2.85. The van der Waals surface area contributed by atoms with Crippen LogP contribution in [0.3, 0.4) is 0 Å². The molecule has 0 spiro atoms. The smallest absolute Gasteiger partial charge is 0.0622 e. The molecule has 1 aromatic heterocycles. The van der Waals surface area contributed by atoms with Gasteiger partial charge in [-0.2, -0.15) is 0 Å². The summed E-state index contributed by atoms with van der Waals surface area (Å²) in [5.74, 6) is 0. The van der Waals surface area contributed by atoms with Crippen LogP contribution in [0.1, 0.15) is 36.1 Å². The Hall–Kier alpha value is -1.09. The Kier molecular flexibility index (Phi) is 6.04. The van der Waals surface area contributed by atoms with Gasteiger partial charge in [-0.05, 0) is 61.2 Å². The fourth-order valence-electron chi connectivity index (χ4n) is 2.43. The molecule has 0 saturated heterocycles. The summed E-state index contributed by atoms with van der Waals surface area (Å²) in [6.07, 6.45) is 5.41. The van der Waals surface area contributed by atoms with E-state index in [0.717, 1.165) is 30.0 Å². The normalized spacial score (nSPS) is 12.4. The molecule has 21 heavy (non-hydrogen) atoms. The third kappa shape index (κ3) is 4.44. The maximum atomic E-state index is 6.24. The largest absolute Gasteiger partial charge is 0.310 e. The van der Waals surface area contributed by atoms with E-state index in [0.29, 0.717) is 5.02 Å². The van der Waals surface area contributed by atoms with Crippen LogP contribution >= 0.6 is 23.2 Å². The van der Waals surface area contributed by atoms with Gasteiger partial charge in [-0.1, -0.05) is 36.2 Å². The minimum absolute atomic E-state index is 0.224. The highest BCUT2D eigenvalue weighted by atomic mass is 35.5. The van der Waals surface area contributed by atoms with E-state index in [2.05, 4.69) is 30.2 Å². The SMILES string of the molecule is CCCNC(Cc1ccncc1Cl)c1ccc(Cl)cc1C. The molecule has 1 heterocycles. The van der Waals surface area contributed by atoms with E-state index >= 15 is 0 Å². The molecule has 112 valence electrons. The Morgan fingerprint density at radius 2 is 2.05 bits per heavy atom. The van der Waals surface area contributed by atoms with Gasteiger partial charge in [0.25, 0.3) is 0 Å². The minimum atomic E-state index is 0.224. The number of rotatable bonds is 6. The number of nitrogens with one attached hydrogen (secondary N) is 1. The molecule has 0 aliphatic carbocycles. The number of benzene rings is 1. The van der Waals surface area contributed by atoms with E-state index in [4.69, 9.17) is 23.2 Å². The predicted octanol–water partition coefficient (Wildman–Crippen LogP) is 4.98. The minimum Gasteiger partial charge on any atom is -0.310 e. The molecule has 0 fully saturated rings. The van der Waals surface area contributed by atoms with Crippen LogP contribution in [0.4, 0.5) is 0 Å². The first-order valence-corrected chi connectivity index (χ1v) is 7.95. The summed E-state index contributed by atoms with van der Waals surface area (Å²) in [7, 11) is 0. The molecule has 0 aliphatic heterocycles. The van der Waals surface area contributed by atoms with Crippen molar-refractivity contribution in [2.75, 3.05) is 6.54 Å². The maximum absolute atomic E-state index is 6.24. The van der Waals surface area contributed by atoms with Crippen molar-refractivity contribution in [1.29, 1.82) is 0 Å². The molecule has 0 amide bonds. The van der Waals surface area contributed by atoms with Crippen LogP contribution in [0.25, 0.3) is 0 Å². The number of pyridine rings is 1. The van der Waals surface area contributed by atoms with E-state index in [1.807, 2.05) is 18.2 Å². The number of nitrogens with zero attached hydrogens (tertiary/aromatic N) is 1. The van der Waals surface area contributed by atoms with Crippen molar-refractivity contribution in [2.45, 2.75) is 32.7 Å². The number of halogens is 2. The van der Waals surface area contributed by atoms with Crippen LogP contribution in [0.15, 0.2) is 36.7 Å². The quantitative estimate of drug-likeness (QED) is 0.811. The molecule has 0 bridgehead atoms. The third-order valence-electron chi connectivity index (χ3n) is 3.53. The van der Waals surface area contributed by atoms with Gasteiger partial charge >= 0.3 is 0 Å². The Bertz CT molecular complexity index is 599. The average Bonchev–Trinajstić information content (AvgIpc) is 2.46. The zero-order valence-corrected chi connectivity index (χ0v) is 13.9. The Labute approximate surface area is 136 Å². The van der Waals surface area contributed by atoms with Crippen molar-refractivity contribution in [2.24, 2.45) is 0 Å². The first-order valence-electron chi connectivity index (χ1n) is 7.19. The van der Waals surface area contributed by atoms with Gasteiger partial charge in [0.2, 0.25) is 0 Å². The van der Waals surface area contributed by atoms with Crippen molar-refractivity contribution in [3.05, 3.63) is 63.4 Å². The standard InChI is InChI=1S/C17H20Cl2N2/c1-3-7-21-17(10-13-6-8-20-11-16(13)19)15-5-4-14(18)9-12(15)2/h4-6,8-9,11,17,21H,3,7,10H2,1-2H3. The van der Waals surface area contributed by atoms with Crippen LogP contribution in [0, 0.1) is 6.92 Å². The first-order chi connectivity index (χ1) is 10.1. The molecule has 1 unspecified atom stereocenters. The molecule has 2 aromatic rings. The number of aromatic nitrogens is 1. The number of hydrogen-bond acceptors (Lipinski definition) is 2. The molecule has 0 saturated carbocycles. The molecule has 0 radical (unpaired) electrons. The van der Waals surface area contributed by atoms with Gasteiger partial charge in [-0.3, -0.25) is 4.98 Å². The molecule has 1 N–H and O–H groups in total. The zero-order chi connectivity index (χ0) is 15.2. The van der Waals surface area contributed by atoms with Crippen LogP contribution < -0.4 is 5.32 Å². The lowest BCUT2D eigenvalue weighted by molar-refractivity contribution is 0.527. The lowest BCUT2D eigenvalue weighted by atomic mass is 9.95. The van der Waals surface area contributed by atoms with Crippen molar-refractivity contribution in [1.82, 2.24) is 10.3 Å². The van der Waals surface area contributed by atoms with Crippen molar-refractivity contribution in [3.63, 3.8) is 0 Å². The van der Waals surface area contributed by atoms with Gasteiger partial charge in [0.1, 0.15) is 0 Å². The van der Waals surface area contributed by atoms with E-state index in [1.54, 1.807) is 12.4 Å². The van der Waals surface area contributed by atoms with Gasteiger partial charge in [0.05, 0.1) is 5.02 Å². The summed E-state index contributed by atoms with van der Waals surface area (Å²) in [4.78, 5) is 4.05. The van der Waals surface area contributed by atoms with Gasteiger partial charge in [0, 0.05) is 23.5 Å². The lowest BCUT2D eigenvalue weighted by Gasteiger charge is -2.21. The van der Waals surface area contributed by atoms with E-state index < -0.39 is 0 Å². The highest BCUT2D eigenvalue weighted by molar-refractivity contribution is 6.31. The molecule has 4 heteroatoms. The second-order valence-electron chi connectivity index (χ2n) is 5.18. The Morgan fingerprint density at radius 3 is 2.71 bits per heavy atom. The highest BCUT2D eigenvalue weighted by Gasteiger charge is 2.15. The topological polar surface area (TPSA) is 24.9 Å². The van der Waals surface area contributed by atoms with Gasteiger partial charge in [-0.25, -0.2) is 0 Å². The highest BCUT2D eigenvalue weighted by Crippen LogP contribution is 2.26.